The third-order valence-corrected chi connectivity index (χ3v) is 6.52. The Kier molecular flexibility index (Phi) is 7.92. The first-order valence-electron chi connectivity index (χ1n) is 9.98. The summed E-state index contributed by atoms with van der Waals surface area (Å²) < 4.78 is 33.6. The molecule has 1 aromatic heterocycles. The summed E-state index contributed by atoms with van der Waals surface area (Å²) in [6.45, 7) is 0.152. The molecule has 1 aliphatic heterocycles. The number of pyridine rings is 1. The van der Waals surface area contributed by atoms with Crippen LogP contribution >= 0.6 is 0 Å². The molecular weight excluding hydrogens is 406 g/mol. The third kappa shape index (κ3) is 6.33. The number of ether oxygens (including phenoxy) is 1. The van der Waals surface area contributed by atoms with E-state index in [4.69, 9.17) is 4.74 Å². The Bertz CT molecular complexity index is 909. The highest BCUT2D eigenvalue weighted by Gasteiger charge is 2.33. The molecule has 2 aromatic rings. The van der Waals surface area contributed by atoms with Gasteiger partial charge < -0.3 is 15.2 Å². The maximum absolute atomic E-state index is 12.5. The topological polar surface area (TPSA) is 118 Å². The van der Waals surface area contributed by atoms with E-state index in [9.17, 15) is 18.3 Å². The van der Waals surface area contributed by atoms with Crippen LogP contribution in [-0.2, 0) is 26.0 Å². The summed E-state index contributed by atoms with van der Waals surface area (Å²) in [5.41, 5.74) is 0.706. The number of carbonyl (C=O) groups excluding carboxylic acids is 1. The van der Waals surface area contributed by atoms with Gasteiger partial charge in [-0.05, 0) is 43.5 Å². The normalized spacial score (nSPS) is 21.8. The van der Waals surface area contributed by atoms with Gasteiger partial charge in [0.15, 0.2) is 0 Å². The summed E-state index contributed by atoms with van der Waals surface area (Å²) >= 11 is 0. The highest BCUT2D eigenvalue weighted by Crippen LogP contribution is 2.23. The van der Waals surface area contributed by atoms with E-state index in [0.717, 1.165) is 0 Å². The average molecular weight is 434 g/mol. The Morgan fingerprint density at radius 3 is 2.60 bits per heavy atom. The zero-order valence-electron chi connectivity index (χ0n) is 16.6. The Balaban J connectivity index is 1.45. The van der Waals surface area contributed by atoms with Crippen molar-refractivity contribution in [2.24, 2.45) is 0 Å². The number of nitrogens with zero attached hydrogens (tertiary/aromatic N) is 1. The second-order valence-electron chi connectivity index (χ2n) is 7.23. The zero-order chi connectivity index (χ0) is 21.4. The minimum atomic E-state index is -3.68. The van der Waals surface area contributed by atoms with Crippen molar-refractivity contribution in [1.29, 1.82) is 0 Å². The molecule has 1 amide bonds. The third-order valence-electron chi connectivity index (χ3n) is 5.01. The smallest absolute Gasteiger partial charge is 0.240 e. The first-order valence-corrected chi connectivity index (χ1v) is 11.5. The summed E-state index contributed by atoms with van der Waals surface area (Å²) in [6.07, 6.45) is 2.84. The molecule has 8 nitrogen and oxygen atoms in total. The molecule has 0 radical (unpaired) electrons. The van der Waals surface area contributed by atoms with Gasteiger partial charge in [-0.1, -0.05) is 24.3 Å². The predicted octanol–water partition coefficient (Wildman–Crippen LogP) is 1.02. The number of carbonyl (C=O) groups is 1. The van der Waals surface area contributed by atoms with Crippen LogP contribution in [0.25, 0.3) is 0 Å². The highest BCUT2D eigenvalue weighted by atomic mass is 32.2. The number of nitrogens with one attached hydrogen (secondary N) is 2. The lowest BCUT2D eigenvalue weighted by Gasteiger charge is -2.36. The minimum Gasteiger partial charge on any atom is -0.394 e. The van der Waals surface area contributed by atoms with Gasteiger partial charge in [0.25, 0.3) is 0 Å². The number of amides is 1. The lowest BCUT2D eigenvalue weighted by molar-refractivity contribution is -0.121. The molecule has 3 atom stereocenters. The van der Waals surface area contributed by atoms with E-state index >= 15 is 0 Å². The van der Waals surface area contributed by atoms with Crippen molar-refractivity contribution < 1.29 is 23.1 Å². The number of rotatable bonds is 9. The van der Waals surface area contributed by atoms with Crippen LogP contribution in [0.5, 0.6) is 0 Å². The molecule has 162 valence electrons. The number of benzene rings is 1. The second-order valence-corrected chi connectivity index (χ2v) is 8.95. The van der Waals surface area contributed by atoms with Crippen LogP contribution in [0.1, 0.15) is 25.0 Å². The van der Waals surface area contributed by atoms with Crippen molar-refractivity contribution in [2.45, 2.75) is 48.8 Å². The zero-order valence-corrected chi connectivity index (χ0v) is 17.4. The lowest BCUT2D eigenvalue weighted by Crippen LogP contribution is -2.51. The predicted molar refractivity (Wildman–Crippen MR) is 111 cm³/mol. The molecule has 1 fully saturated rings. The van der Waals surface area contributed by atoms with Crippen molar-refractivity contribution in [3.63, 3.8) is 0 Å². The van der Waals surface area contributed by atoms with Crippen LogP contribution in [0.4, 0.5) is 0 Å². The molecule has 1 saturated heterocycles. The van der Waals surface area contributed by atoms with Crippen molar-refractivity contribution in [2.75, 3.05) is 13.2 Å². The summed E-state index contributed by atoms with van der Waals surface area (Å²) in [4.78, 5) is 16.3. The van der Waals surface area contributed by atoms with Gasteiger partial charge in [-0.25, -0.2) is 13.1 Å². The van der Waals surface area contributed by atoms with Crippen molar-refractivity contribution in [3.8, 4) is 0 Å². The van der Waals surface area contributed by atoms with Gasteiger partial charge in [-0.2, -0.15) is 0 Å². The van der Waals surface area contributed by atoms with Crippen molar-refractivity contribution in [1.82, 2.24) is 15.0 Å². The molecule has 30 heavy (non-hydrogen) atoms. The quantitative estimate of drug-likeness (QED) is 0.543. The largest absolute Gasteiger partial charge is 0.394 e. The molecule has 0 bridgehead atoms. The Labute approximate surface area is 176 Å². The molecule has 0 unspecified atom stereocenters. The van der Waals surface area contributed by atoms with Crippen LogP contribution in [0.3, 0.4) is 0 Å². The number of aliphatic hydroxyl groups excluding tert-OH is 1. The van der Waals surface area contributed by atoms with E-state index in [0.29, 0.717) is 31.5 Å². The molecule has 3 rings (SSSR count). The fourth-order valence-corrected chi connectivity index (χ4v) is 4.77. The van der Waals surface area contributed by atoms with Crippen molar-refractivity contribution >= 4 is 15.9 Å². The molecule has 0 aliphatic carbocycles. The van der Waals surface area contributed by atoms with Gasteiger partial charge in [0.1, 0.15) is 0 Å². The van der Waals surface area contributed by atoms with Gasteiger partial charge in [0.05, 0.1) is 36.2 Å². The van der Waals surface area contributed by atoms with Gasteiger partial charge in [-0.15, -0.1) is 0 Å². The molecule has 3 N–H and O–H groups in total. The van der Waals surface area contributed by atoms with Gasteiger partial charge in [0.2, 0.25) is 15.9 Å². The molecule has 2 heterocycles. The minimum absolute atomic E-state index is 0.114. The van der Waals surface area contributed by atoms with E-state index in [1.165, 1.54) is 12.1 Å². The number of aliphatic hydroxyl groups is 1. The van der Waals surface area contributed by atoms with Crippen LogP contribution in [0.15, 0.2) is 59.6 Å². The average Bonchev–Trinajstić information content (AvgIpc) is 2.76. The number of hydrogen-bond acceptors (Lipinski definition) is 6. The first kappa shape index (κ1) is 22.4. The van der Waals surface area contributed by atoms with Crippen LogP contribution < -0.4 is 10.0 Å². The molecule has 1 aliphatic rings. The molecule has 0 spiro atoms. The first-order chi connectivity index (χ1) is 14.5. The van der Waals surface area contributed by atoms with Gasteiger partial charge >= 0.3 is 0 Å². The van der Waals surface area contributed by atoms with E-state index < -0.39 is 22.2 Å². The van der Waals surface area contributed by atoms with E-state index in [-0.39, 0.29) is 29.9 Å². The van der Waals surface area contributed by atoms with Crippen molar-refractivity contribution in [3.05, 3.63) is 60.4 Å². The SMILES string of the molecule is O=C(Cc1ccccn1)NCC[C@@H]1CC[C@H](NS(=O)(=O)c2ccccc2)[C@H](CO)O1. The fraction of sp³-hybridized carbons (Fsp3) is 0.429. The van der Waals surface area contributed by atoms with E-state index in [1.807, 2.05) is 6.07 Å². The number of aromatic nitrogens is 1. The summed E-state index contributed by atoms with van der Waals surface area (Å²) in [7, 11) is -3.68. The monoisotopic (exact) mass is 433 g/mol. The van der Waals surface area contributed by atoms with E-state index in [2.05, 4.69) is 15.0 Å². The Morgan fingerprint density at radius 1 is 1.13 bits per heavy atom. The molecule has 1 aromatic carbocycles. The number of sulfonamides is 1. The maximum Gasteiger partial charge on any atom is 0.240 e. The summed E-state index contributed by atoms with van der Waals surface area (Å²) in [5, 5.41) is 12.5. The standard InChI is InChI=1S/C21H27N3O5S/c25-15-20-19(24-30(27,28)18-7-2-1-3-8-18)10-9-17(29-20)11-13-23-21(26)14-16-6-4-5-12-22-16/h1-8,12,17,19-20,24-25H,9-11,13-15H2,(H,23,26)/t17-,19-,20-/m0/s1. The summed E-state index contributed by atoms with van der Waals surface area (Å²) in [6, 6.07) is 13.0. The lowest BCUT2D eigenvalue weighted by atomic mass is 9.98. The Morgan fingerprint density at radius 2 is 1.90 bits per heavy atom. The molecule has 0 saturated carbocycles. The maximum atomic E-state index is 12.5. The second kappa shape index (κ2) is 10.6. The van der Waals surface area contributed by atoms with Gasteiger partial charge in [-0.3, -0.25) is 9.78 Å². The summed E-state index contributed by atoms with van der Waals surface area (Å²) in [5.74, 6) is -0.114. The highest BCUT2D eigenvalue weighted by molar-refractivity contribution is 7.89. The van der Waals surface area contributed by atoms with Gasteiger partial charge in [0, 0.05) is 18.4 Å². The molecular formula is C21H27N3O5S. The number of hydrogen-bond donors (Lipinski definition) is 3. The molecule has 9 heteroatoms. The fourth-order valence-electron chi connectivity index (χ4n) is 3.45. The van der Waals surface area contributed by atoms with Crippen LogP contribution in [0.2, 0.25) is 0 Å². The Hall–Kier alpha value is -2.33. The van der Waals surface area contributed by atoms with Crippen LogP contribution in [0, 0.1) is 0 Å². The van der Waals surface area contributed by atoms with E-state index in [1.54, 1.807) is 36.5 Å². The van der Waals surface area contributed by atoms with Crippen LogP contribution in [-0.4, -0.2) is 55.8 Å².